The molecule has 0 fully saturated rings. The van der Waals surface area contributed by atoms with Crippen molar-refractivity contribution in [3.05, 3.63) is 64.8 Å². The number of hydrogen-bond donors (Lipinski definition) is 0. The average molecular weight is 447 g/mol. The molecule has 0 saturated heterocycles. The number of amides is 1. The fraction of sp³-hybridized carbons (Fsp3) is 0.269. The number of likely N-dealkylation sites (N-methyl/N-ethyl adjacent to an activating group) is 1. The van der Waals surface area contributed by atoms with E-state index in [0.717, 1.165) is 34.2 Å². The van der Waals surface area contributed by atoms with E-state index in [9.17, 15) is 9.59 Å². The molecule has 0 bridgehead atoms. The minimum atomic E-state index is -0.507. The first-order chi connectivity index (χ1) is 15.9. The summed E-state index contributed by atoms with van der Waals surface area (Å²) in [5.74, 6) is 0.527. The second-order valence-corrected chi connectivity index (χ2v) is 7.98. The van der Waals surface area contributed by atoms with Crippen LogP contribution in [0.4, 0.5) is 0 Å². The van der Waals surface area contributed by atoms with Gasteiger partial charge < -0.3 is 19.1 Å². The van der Waals surface area contributed by atoms with Gasteiger partial charge in [-0.2, -0.15) is 0 Å². The molecule has 0 aliphatic heterocycles. The maximum absolute atomic E-state index is 13.1. The van der Waals surface area contributed by atoms with Crippen molar-refractivity contribution in [2.75, 3.05) is 34.9 Å². The Morgan fingerprint density at radius 1 is 1.03 bits per heavy atom. The van der Waals surface area contributed by atoms with Crippen molar-refractivity contribution in [3.63, 3.8) is 0 Å². The van der Waals surface area contributed by atoms with Crippen LogP contribution < -0.4 is 9.47 Å². The predicted octanol–water partition coefficient (Wildman–Crippen LogP) is 3.98. The molecule has 1 aromatic heterocycles. The maximum atomic E-state index is 13.1. The lowest BCUT2D eigenvalue weighted by Crippen LogP contribution is -2.27. The van der Waals surface area contributed by atoms with Crippen LogP contribution in [0.1, 0.15) is 33.6 Å². The molecule has 1 aliphatic rings. The highest BCUT2D eigenvalue weighted by atomic mass is 16.5. The van der Waals surface area contributed by atoms with Crippen LogP contribution in [0.3, 0.4) is 0 Å². The van der Waals surface area contributed by atoms with Crippen molar-refractivity contribution >= 4 is 34.4 Å². The second-order valence-electron chi connectivity index (χ2n) is 7.98. The van der Waals surface area contributed by atoms with Crippen molar-refractivity contribution in [1.82, 2.24) is 9.88 Å². The van der Waals surface area contributed by atoms with Gasteiger partial charge in [-0.3, -0.25) is 4.79 Å². The molecule has 4 rings (SSSR count). The molecule has 0 radical (unpaired) electrons. The Morgan fingerprint density at radius 2 is 1.79 bits per heavy atom. The number of hydrogen-bond acceptors (Lipinski definition) is 6. The van der Waals surface area contributed by atoms with Crippen molar-refractivity contribution < 1.29 is 23.8 Å². The molecule has 0 spiro atoms. The summed E-state index contributed by atoms with van der Waals surface area (Å²) in [5.41, 5.74) is 4.81. The standard InChI is InChI=1S/C26H26N2O5/c1-28(2)23(29)15-33-26(30)24-18-7-5-6-8-20(18)27-25-17(10-11-19(24)25)13-16-9-12-21(31-3)22(14-16)32-4/h5-9,12-14H,10-11,15H2,1-4H3/b17-13+. The third kappa shape index (κ3) is 4.39. The molecule has 170 valence electrons. The van der Waals surface area contributed by atoms with Crippen molar-refractivity contribution in [2.45, 2.75) is 12.8 Å². The Balaban J connectivity index is 1.76. The number of fused-ring (bicyclic) bond motifs is 2. The number of esters is 1. The Morgan fingerprint density at radius 3 is 2.52 bits per heavy atom. The van der Waals surface area contributed by atoms with Gasteiger partial charge in [0.25, 0.3) is 5.91 Å². The molecular formula is C26H26N2O5. The van der Waals surface area contributed by atoms with Crippen molar-refractivity contribution in [1.29, 1.82) is 0 Å². The number of carbonyl (C=O) groups excluding carboxylic acids is 2. The first kappa shape index (κ1) is 22.3. The van der Waals surface area contributed by atoms with Gasteiger partial charge in [0.1, 0.15) is 0 Å². The van der Waals surface area contributed by atoms with Crippen LogP contribution in [-0.2, 0) is 16.0 Å². The van der Waals surface area contributed by atoms with Gasteiger partial charge in [-0.1, -0.05) is 24.3 Å². The summed E-state index contributed by atoms with van der Waals surface area (Å²) < 4.78 is 16.1. The van der Waals surface area contributed by atoms with Gasteiger partial charge in [-0.15, -0.1) is 0 Å². The van der Waals surface area contributed by atoms with Gasteiger partial charge in [0.05, 0.1) is 31.0 Å². The van der Waals surface area contributed by atoms with Gasteiger partial charge in [-0.05, 0) is 53.8 Å². The Kier molecular flexibility index (Phi) is 6.31. The maximum Gasteiger partial charge on any atom is 0.339 e. The van der Waals surface area contributed by atoms with E-state index in [2.05, 4.69) is 6.08 Å². The lowest BCUT2D eigenvalue weighted by atomic mass is 10.0. The molecule has 0 unspecified atom stereocenters. The number of pyridine rings is 1. The summed E-state index contributed by atoms with van der Waals surface area (Å²) in [6.45, 7) is -0.300. The lowest BCUT2D eigenvalue weighted by Gasteiger charge is -2.14. The number of allylic oxidation sites excluding steroid dienone is 1. The first-order valence-electron chi connectivity index (χ1n) is 10.6. The second kappa shape index (κ2) is 9.32. The van der Waals surface area contributed by atoms with E-state index in [4.69, 9.17) is 19.2 Å². The molecule has 1 heterocycles. The van der Waals surface area contributed by atoms with Crippen LogP contribution in [0.5, 0.6) is 11.5 Å². The predicted molar refractivity (Wildman–Crippen MR) is 126 cm³/mol. The van der Waals surface area contributed by atoms with Crippen LogP contribution in [0.2, 0.25) is 0 Å². The quantitative estimate of drug-likeness (QED) is 0.533. The molecule has 2 aromatic carbocycles. The normalized spacial score (nSPS) is 13.6. The van der Waals surface area contributed by atoms with Crippen LogP contribution >= 0.6 is 0 Å². The molecule has 33 heavy (non-hydrogen) atoms. The number of methoxy groups -OCH3 is 2. The summed E-state index contributed by atoms with van der Waals surface area (Å²) in [6.07, 6.45) is 3.46. The SMILES string of the molecule is COc1ccc(/C=C2\CCc3c2nc2ccccc2c3C(=O)OCC(=O)N(C)C)cc1OC. The van der Waals surface area contributed by atoms with Crippen LogP contribution in [0, 0.1) is 0 Å². The number of benzene rings is 2. The minimum Gasteiger partial charge on any atom is -0.493 e. The molecule has 7 heteroatoms. The van der Waals surface area contributed by atoms with Gasteiger partial charge in [0.2, 0.25) is 0 Å². The van der Waals surface area contributed by atoms with Gasteiger partial charge >= 0.3 is 5.97 Å². The number of ether oxygens (including phenoxy) is 3. The zero-order chi connectivity index (χ0) is 23.5. The molecule has 1 aliphatic carbocycles. The number of rotatable bonds is 6. The highest BCUT2D eigenvalue weighted by Crippen LogP contribution is 2.38. The third-order valence-electron chi connectivity index (χ3n) is 5.72. The largest absolute Gasteiger partial charge is 0.493 e. The van der Waals surface area contributed by atoms with Gasteiger partial charge in [0, 0.05) is 19.5 Å². The van der Waals surface area contributed by atoms with E-state index in [1.165, 1.54) is 4.90 Å². The van der Waals surface area contributed by atoms with E-state index < -0.39 is 5.97 Å². The number of nitrogens with zero attached hydrogens (tertiary/aromatic N) is 2. The summed E-state index contributed by atoms with van der Waals surface area (Å²) >= 11 is 0. The monoisotopic (exact) mass is 446 g/mol. The van der Waals surface area contributed by atoms with E-state index >= 15 is 0 Å². The molecule has 1 amide bonds. The summed E-state index contributed by atoms with van der Waals surface area (Å²) in [5, 5.41) is 0.728. The van der Waals surface area contributed by atoms with Crippen LogP contribution in [-0.4, -0.2) is 56.7 Å². The number of para-hydroxylation sites is 1. The van der Waals surface area contributed by atoms with Gasteiger partial charge in [0.15, 0.2) is 18.1 Å². The van der Waals surface area contributed by atoms with Crippen LogP contribution in [0.15, 0.2) is 42.5 Å². The molecular weight excluding hydrogens is 420 g/mol. The molecule has 7 nitrogen and oxygen atoms in total. The average Bonchev–Trinajstić information content (AvgIpc) is 3.22. The smallest absolute Gasteiger partial charge is 0.339 e. The minimum absolute atomic E-state index is 0.271. The third-order valence-corrected chi connectivity index (χ3v) is 5.72. The van der Waals surface area contributed by atoms with Gasteiger partial charge in [-0.25, -0.2) is 9.78 Å². The Labute approximate surface area is 192 Å². The van der Waals surface area contributed by atoms with E-state index in [-0.39, 0.29) is 12.5 Å². The van der Waals surface area contributed by atoms with E-state index in [1.807, 2.05) is 42.5 Å². The zero-order valence-electron chi connectivity index (χ0n) is 19.2. The number of carbonyl (C=O) groups is 2. The highest BCUT2D eigenvalue weighted by molar-refractivity contribution is 6.07. The van der Waals surface area contributed by atoms with Crippen molar-refractivity contribution in [3.8, 4) is 11.5 Å². The fourth-order valence-corrected chi connectivity index (χ4v) is 3.98. The lowest BCUT2D eigenvalue weighted by molar-refractivity contribution is -0.131. The fourth-order valence-electron chi connectivity index (χ4n) is 3.98. The molecule has 0 atom stereocenters. The number of aromatic nitrogens is 1. The Bertz CT molecular complexity index is 1260. The summed E-state index contributed by atoms with van der Waals surface area (Å²) in [6, 6.07) is 13.2. The summed E-state index contributed by atoms with van der Waals surface area (Å²) in [7, 11) is 6.46. The topological polar surface area (TPSA) is 78.0 Å². The summed E-state index contributed by atoms with van der Waals surface area (Å²) in [4.78, 5) is 31.3. The van der Waals surface area contributed by atoms with Crippen molar-refractivity contribution in [2.24, 2.45) is 0 Å². The first-order valence-corrected chi connectivity index (χ1v) is 10.6. The van der Waals surface area contributed by atoms with E-state index in [0.29, 0.717) is 29.0 Å². The van der Waals surface area contributed by atoms with Crippen LogP contribution in [0.25, 0.3) is 22.6 Å². The molecule has 0 saturated carbocycles. The molecule has 0 N–H and O–H groups in total. The molecule has 3 aromatic rings. The van der Waals surface area contributed by atoms with E-state index in [1.54, 1.807) is 28.3 Å². The zero-order valence-corrected chi connectivity index (χ0v) is 19.2. The highest BCUT2D eigenvalue weighted by Gasteiger charge is 2.28. The Hall–Kier alpha value is -3.87.